The molecule has 0 radical (unpaired) electrons. The molecule has 0 saturated carbocycles. The normalized spacial score (nSPS) is 11.6. The van der Waals surface area contributed by atoms with Gasteiger partial charge in [-0.25, -0.2) is 9.67 Å². The number of anilines is 1. The summed E-state index contributed by atoms with van der Waals surface area (Å²) in [5.41, 5.74) is 8.12. The molecule has 0 fully saturated rings. The smallest absolute Gasteiger partial charge is 0.225 e. The number of aromatic nitrogens is 6. The zero-order valence-corrected chi connectivity index (χ0v) is 14.1. The molecule has 1 aromatic carbocycles. The lowest BCUT2D eigenvalue weighted by atomic mass is 10.1. The van der Waals surface area contributed by atoms with Crippen molar-refractivity contribution in [3.63, 3.8) is 0 Å². The van der Waals surface area contributed by atoms with Gasteiger partial charge < -0.3 is 15.3 Å². The molecular formula is C18H15N7O2. The highest BCUT2D eigenvalue weighted by atomic mass is 16.3. The third-order valence-electron chi connectivity index (χ3n) is 4.42. The van der Waals surface area contributed by atoms with E-state index < -0.39 is 0 Å². The number of benzene rings is 1. The third kappa shape index (κ3) is 2.48. The van der Waals surface area contributed by atoms with Crippen LogP contribution in [0.25, 0.3) is 28.3 Å². The monoisotopic (exact) mass is 361 g/mol. The van der Waals surface area contributed by atoms with Crippen molar-refractivity contribution >= 4 is 22.6 Å². The Kier molecular flexibility index (Phi) is 3.32. The van der Waals surface area contributed by atoms with Crippen LogP contribution >= 0.6 is 0 Å². The van der Waals surface area contributed by atoms with Crippen molar-refractivity contribution in [2.75, 3.05) is 5.73 Å². The highest BCUT2D eigenvalue weighted by Gasteiger charge is 2.17. The minimum atomic E-state index is 0.215. The van der Waals surface area contributed by atoms with Crippen LogP contribution in [0.2, 0.25) is 0 Å². The topological polar surface area (TPSA) is 120 Å². The summed E-state index contributed by atoms with van der Waals surface area (Å²) in [6, 6.07) is 10.8. The number of phenols is 1. The standard InChI is InChI=1S/C18H15N7O2/c19-18-22-16-12(17-21-15(23-25(17)18)14-6-3-9-27-14)10-20-24(16)8-7-11-4-1-2-5-13(11)26/h1-6,9-10,26H,7-8H2,(H2,19,22). The lowest BCUT2D eigenvalue weighted by Gasteiger charge is -2.06. The number of aryl methyl sites for hydroxylation is 2. The number of aromatic hydroxyl groups is 1. The lowest BCUT2D eigenvalue weighted by Crippen LogP contribution is -2.07. The minimum absolute atomic E-state index is 0.215. The molecule has 5 rings (SSSR count). The molecular weight excluding hydrogens is 346 g/mol. The van der Waals surface area contributed by atoms with Crippen LogP contribution in [-0.4, -0.2) is 34.5 Å². The maximum Gasteiger partial charge on any atom is 0.225 e. The molecule has 0 bridgehead atoms. The molecule has 0 spiro atoms. The Balaban J connectivity index is 1.57. The quantitative estimate of drug-likeness (QED) is 0.504. The van der Waals surface area contributed by atoms with Crippen LogP contribution in [0.15, 0.2) is 53.3 Å². The molecule has 9 nitrogen and oxygen atoms in total. The van der Waals surface area contributed by atoms with Gasteiger partial charge in [-0.1, -0.05) is 18.2 Å². The van der Waals surface area contributed by atoms with E-state index in [1.165, 1.54) is 4.52 Å². The molecule has 0 aliphatic heterocycles. The van der Waals surface area contributed by atoms with Crippen molar-refractivity contribution in [2.45, 2.75) is 13.0 Å². The molecule has 0 unspecified atom stereocenters. The van der Waals surface area contributed by atoms with E-state index in [1.807, 2.05) is 12.1 Å². The first-order chi connectivity index (χ1) is 13.2. The van der Waals surface area contributed by atoms with Gasteiger partial charge in [0.25, 0.3) is 0 Å². The Labute approximate surface area is 152 Å². The van der Waals surface area contributed by atoms with Gasteiger partial charge in [0.2, 0.25) is 11.8 Å². The average Bonchev–Trinajstić information content (AvgIpc) is 3.40. The zero-order valence-electron chi connectivity index (χ0n) is 14.1. The van der Waals surface area contributed by atoms with E-state index in [9.17, 15) is 5.11 Å². The van der Waals surface area contributed by atoms with Crippen LogP contribution in [0.3, 0.4) is 0 Å². The fraction of sp³-hybridized carbons (Fsp3) is 0.111. The summed E-state index contributed by atoms with van der Waals surface area (Å²) in [6.45, 7) is 0.545. The number of furan rings is 1. The first-order valence-electron chi connectivity index (χ1n) is 8.39. The fourth-order valence-corrected chi connectivity index (χ4v) is 3.08. The maximum atomic E-state index is 9.94. The second-order valence-electron chi connectivity index (χ2n) is 6.10. The fourth-order valence-electron chi connectivity index (χ4n) is 3.08. The van der Waals surface area contributed by atoms with E-state index in [-0.39, 0.29) is 11.7 Å². The number of para-hydroxylation sites is 1. The summed E-state index contributed by atoms with van der Waals surface area (Å²) in [4.78, 5) is 8.97. The third-order valence-corrected chi connectivity index (χ3v) is 4.42. The first kappa shape index (κ1) is 15.4. The number of nitrogens with zero attached hydrogens (tertiary/aromatic N) is 6. The molecule has 0 saturated heterocycles. The van der Waals surface area contributed by atoms with E-state index in [2.05, 4.69) is 20.2 Å². The number of nitrogen functional groups attached to an aromatic ring is 1. The highest BCUT2D eigenvalue weighted by Crippen LogP contribution is 2.24. The van der Waals surface area contributed by atoms with Crippen LogP contribution in [0.4, 0.5) is 5.95 Å². The summed E-state index contributed by atoms with van der Waals surface area (Å²) in [5, 5.41) is 19.5. The average molecular weight is 361 g/mol. The van der Waals surface area contributed by atoms with E-state index >= 15 is 0 Å². The van der Waals surface area contributed by atoms with Crippen molar-refractivity contribution in [3.05, 3.63) is 54.4 Å². The molecule has 0 aliphatic carbocycles. The van der Waals surface area contributed by atoms with E-state index in [1.54, 1.807) is 41.4 Å². The predicted octanol–water partition coefficient (Wildman–Crippen LogP) is 2.26. The van der Waals surface area contributed by atoms with Gasteiger partial charge in [-0.2, -0.15) is 14.6 Å². The van der Waals surface area contributed by atoms with Crippen molar-refractivity contribution in [1.29, 1.82) is 0 Å². The van der Waals surface area contributed by atoms with Gasteiger partial charge in [0.05, 0.1) is 17.8 Å². The lowest BCUT2D eigenvalue weighted by molar-refractivity contribution is 0.464. The Morgan fingerprint density at radius 2 is 1.96 bits per heavy atom. The van der Waals surface area contributed by atoms with Gasteiger partial charge in [0.15, 0.2) is 17.1 Å². The number of hydrogen-bond acceptors (Lipinski definition) is 7. The first-order valence-corrected chi connectivity index (χ1v) is 8.39. The summed E-state index contributed by atoms with van der Waals surface area (Å²) in [5.74, 6) is 1.47. The van der Waals surface area contributed by atoms with Gasteiger partial charge in [0.1, 0.15) is 5.75 Å². The van der Waals surface area contributed by atoms with Crippen LogP contribution in [-0.2, 0) is 13.0 Å². The second-order valence-corrected chi connectivity index (χ2v) is 6.10. The number of hydrogen-bond donors (Lipinski definition) is 2. The molecule has 27 heavy (non-hydrogen) atoms. The van der Waals surface area contributed by atoms with Crippen LogP contribution < -0.4 is 5.73 Å². The van der Waals surface area contributed by atoms with Gasteiger partial charge in [-0.05, 0) is 30.2 Å². The number of rotatable bonds is 4. The summed E-state index contributed by atoms with van der Waals surface area (Å²) >= 11 is 0. The van der Waals surface area contributed by atoms with Crippen molar-refractivity contribution in [1.82, 2.24) is 29.4 Å². The van der Waals surface area contributed by atoms with Crippen LogP contribution in [0.5, 0.6) is 5.75 Å². The largest absolute Gasteiger partial charge is 0.508 e. The second kappa shape index (κ2) is 5.84. The van der Waals surface area contributed by atoms with E-state index in [4.69, 9.17) is 10.2 Å². The van der Waals surface area contributed by atoms with Gasteiger partial charge in [-0.15, -0.1) is 5.10 Å². The molecule has 134 valence electrons. The Morgan fingerprint density at radius 1 is 1.07 bits per heavy atom. The minimum Gasteiger partial charge on any atom is -0.508 e. The Morgan fingerprint density at radius 3 is 2.78 bits per heavy atom. The van der Waals surface area contributed by atoms with E-state index in [0.717, 1.165) is 10.9 Å². The molecule has 0 amide bonds. The van der Waals surface area contributed by atoms with Crippen molar-refractivity contribution < 1.29 is 9.52 Å². The molecule has 4 aromatic heterocycles. The van der Waals surface area contributed by atoms with Gasteiger partial charge in [0, 0.05) is 6.54 Å². The maximum absolute atomic E-state index is 9.94. The van der Waals surface area contributed by atoms with Crippen LogP contribution in [0.1, 0.15) is 5.56 Å². The predicted molar refractivity (Wildman–Crippen MR) is 98.0 cm³/mol. The zero-order chi connectivity index (χ0) is 18.4. The Bertz CT molecular complexity index is 1250. The summed E-state index contributed by atoms with van der Waals surface area (Å²) in [7, 11) is 0. The molecule has 4 heterocycles. The molecule has 5 aromatic rings. The van der Waals surface area contributed by atoms with Crippen LogP contribution in [0, 0.1) is 0 Å². The summed E-state index contributed by atoms with van der Waals surface area (Å²) in [6.07, 6.45) is 3.87. The van der Waals surface area contributed by atoms with E-state index in [0.29, 0.717) is 35.8 Å². The number of nitrogens with two attached hydrogens (primary N) is 1. The number of phenolic OH excluding ortho intramolecular Hbond substituents is 1. The SMILES string of the molecule is Nc1nc2c(cnn2CCc2ccccc2O)c2nc(-c3ccco3)nn12. The molecule has 9 heteroatoms. The molecule has 3 N–H and O–H groups in total. The van der Waals surface area contributed by atoms with Gasteiger partial charge in [-0.3, -0.25) is 0 Å². The molecule has 0 atom stereocenters. The highest BCUT2D eigenvalue weighted by molar-refractivity contribution is 5.90. The van der Waals surface area contributed by atoms with Crippen molar-refractivity contribution in [2.24, 2.45) is 0 Å². The van der Waals surface area contributed by atoms with Gasteiger partial charge >= 0.3 is 0 Å². The number of fused-ring (bicyclic) bond motifs is 3. The van der Waals surface area contributed by atoms with Crippen molar-refractivity contribution in [3.8, 4) is 17.3 Å². The molecule has 0 aliphatic rings. The Hall–Kier alpha value is -3.88. The summed E-state index contributed by atoms with van der Waals surface area (Å²) < 4.78 is 8.59.